The van der Waals surface area contributed by atoms with Crippen LogP contribution in [0.5, 0.6) is 0 Å². The lowest BCUT2D eigenvalue weighted by molar-refractivity contribution is -0.0912. The lowest BCUT2D eigenvalue weighted by atomic mass is 10.2. The Morgan fingerprint density at radius 3 is 2.33 bits per heavy atom. The highest BCUT2D eigenvalue weighted by atomic mass is 19.4. The van der Waals surface area contributed by atoms with Crippen LogP contribution in [0.15, 0.2) is 35.6 Å². The lowest BCUT2D eigenvalue weighted by Crippen LogP contribution is -2.08. The summed E-state index contributed by atoms with van der Waals surface area (Å²) < 4.78 is 36.1. The fourth-order valence-electron chi connectivity index (χ4n) is 0.757. The Kier molecular flexibility index (Phi) is 5.82. The zero-order valence-electron chi connectivity index (χ0n) is 8.93. The van der Waals surface area contributed by atoms with Crippen molar-refractivity contribution in [1.29, 1.82) is 0 Å². The molecule has 0 aromatic rings. The monoisotopic (exact) mass is 219 g/mol. The van der Waals surface area contributed by atoms with E-state index in [0.717, 1.165) is 25.8 Å². The van der Waals surface area contributed by atoms with E-state index in [0.29, 0.717) is 5.70 Å². The van der Waals surface area contributed by atoms with Gasteiger partial charge in [0, 0.05) is 11.3 Å². The standard InChI is InChI=1S/C11H16F3N/c1-3-4-5-6-10(15)8-7-9(2)11(12,13)14/h5-8H,3-4,15H2,1-2H3/b6-5-,9-7+,10-8+. The van der Waals surface area contributed by atoms with Gasteiger partial charge in [-0.1, -0.05) is 25.5 Å². The van der Waals surface area contributed by atoms with Crippen LogP contribution in [0, 0.1) is 0 Å². The van der Waals surface area contributed by atoms with Gasteiger partial charge in [0.25, 0.3) is 0 Å². The molecule has 1 nitrogen and oxygen atoms in total. The van der Waals surface area contributed by atoms with Gasteiger partial charge in [-0.15, -0.1) is 0 Å². The van der Waals surface area contributed by atoms with Gasteiger partial charge in [0.1, 0.15) is 0 Å². The number of rotatable bonds is 4. The Morgan fingerprint density at radius 1 is 1.27 bits per heavy atom. The van der Waals surface area contributed by atoms with Gasteiger partial charge in [-0.3, -0.25) is 0 Å². The van der Waals surface area contributed by atoms with Crippen molar-refractivity contribution in [2.45, 2.75) is 32.9 Å². The van der Waals surface area contributed by atoms with Crippen LogP contribution in [0.2, 0.25) is 0 Å². The van der Waals surface area contributed by atoms with Crippen molar-refractivity contribution in [3.05, 3.63) is 35.6 Å². The first kappa shape index (κ1) is 13.8. The molecule has 0 aromatic heterocycles. The zero-order valence-corrected chi connectivity index (χ0v) is 8.93. The first-order valence-corrected chi connectivity index (χ1v) is 4.75. The van der Waals surface area contributed by atoms with Crippen LogP contribution in [-0.2, 0) is 0 Å². The molecule has 0 aliphatic rings. The zero-order chi connectivity index (χ0) is 11.9. The predicted molar refractivity (Wildman–Crippen MR) is 56.1 cm³/mol. The smallest absolute Gasteiger partial charge is 0.399 e. The molecule has 0 aromatic carbocycles. The van der Waals surface area contributed by atoms with Crippen LogP contribution >= 0.6 is 0 Å². The first-order valence-electron chi connectivity index (χ1n) is 4.75. The second-order valence-electron chi connectivity index (χ2n) is 3.21. The molecule has 0 spiro atoms. The minimum atomic E-state index is -4.27. The second kappa shape index (κ2) is 6.32. The summed E-state index contributed by atoms with van der Waals surface area (Å²) in [5.74, 6) is 0. The van der Waals surface area contributed by atoms with Crippen LogP contribution in [-0.4, -0.2) is 6.18 Å². The van der Waals surface area contributed by atoms with Crippen molar-refractivity contribution in [2.75, 3.05) is 0 Å². The molecule has 2 N–H and O–H groups in total. The van der Waals surface area contributed by atoms with Crippen molar-refractivity contribution in [3.8, 4) is 0 Å². The van der Waals surface area contributed by atoms with Gasteiger partial charge in [-0.25, -0.2) is 0 Å². The van der Waals surface area contributed by atoms with E-state index in [4.69, 9.17) is 5.73 Å². The highest BCUT2D eigenvalue weighted by Gasteiger charge is 2.29. The minimum absolute atomic E-state index is 0.326. The van der Waals surface area contributed by atoms with E-state index in [1.165, 1.54) is 6.08 Å². The molecule has 86 valence electrons. The summed E-state index contributed by atoms with van der Waals surface area (Å²) in [6.45, 7) is 3.03. The number of allylic oxidation sites excluding steroid dienone is 5. The summed E-state index contributed by atoms with van der Waals surface area (Å²) in [4.78, 5) is 0. The van der Waals surface area contributed by atoms with E-state index < -0.39 is 11.7 Å². The molecule has 0 rings (SSSR count). The van der Waals surface area contributed by atoms with E-state index in [2.05, 4.69) is 0 Å². The third-order valence-corrected chi connectivity index (χ3v) is 1.74. The Labute approximate surface area is 88.2 Å². The average Bonchev–Trinajstić information content (AvgIpc) is 2.13. The maximum absolute atomic E-state index is 12.0. The Bertz CT molecular complexity index is 272. The van der Waals surface area contributed by atoms with E-state index in [1.807, 2.05) is 13.0 Å². The van der Waals surface area contributed by atoms with E-state index in [1.54, 1.807) is 6.08 Å². The molecular formula is C11H16F3N. The van der Waals surface area contributed by atoms with Crippen molar-refractivity contribution in [2.24, 2.45) is 5.73 Å². The van der Waals surface area contributed by atoms with Gasteiger partial charge in [-0.2, -0.15) is 13.2 Å². The second-order valence-corrected chi connectivity index (χ2v) is 3.21. The topological polar surface area (TPSA) is 26.0 Å². The Hall–Kier alpha value is -1.19. The molecule has 0 fully saturated rings. The molecular weight excluding hydrogens is 203 g/mol. The number of nitrogens with two attached hydrogens (primary N) is 1. The van der Waals surface area contributed by atoms with E-state index >= 15 is 0 Å². The van der Waals surface area contributed by atoms with Crippen molar-refractivity contribution < 1.29 is 13.2 Å². The summed E-state index contributed by atoms with van der Waals surface area (Å²) in [7, 11) is 0. The maximum atomic E-state index is 12.0. The fraction of sp³-hybridized carbons (Fsp3) is 0.455. The molecule has 0 atom stereocenters. The molecule has 0 bridgehead atoms. The van der Waals surface area contributed by atoms with E-state index in [-0.39, 0.29) is 0 Å². The number of unbranched alkanes of at least 4 members (excludes halogenated alkanes) is 1. The molecule has 0 saturated carbocycles. The SMILES string of the molecule is CCC\C=C/C(N)=C\C=C(/C)C(F)(F)F. The molecule has 0 amide bonds. The van der Waals surface area contributed by atoms with Gasteiger partial charge >= 0.3 is 6.18 Å². The van der Waals surface area contributed by atoms with Crippen LogP contribution in [0.3, 0.4) is 0 Å². The Balaban J connectivity index is 4.38. The van der Waals surface area contributed by atoms with Gasteiger partial charge in [0.05, 0.1) is 0 Å². The molecule has 15 heavy (non-hydrogen) atoms. The highest BCUT2D eigenvalue weighted by molar-refractivity contribution is 5.24. The van der Waals surface area contributed by atoms with Gasteiger partial charge < -0.3 is 5.73 Å². The third kappa shape index (κ3) is 6.82. The summed E-state index contributed by atoms with van der Waals surface area (Å²) in [6.07, 6.45) is 3.27. The molecule has 4 heteroatoms. The number of hydrogen-bond donors (Lipinski definition) is 1. The average molecular weight is 219 g/mol. The normalized spacial score (nSPS) is 15.0. The van der Waals surface area contributed by atoms with Crippen LogP contribution < -0.4 is 5.73 Å². The van der Waals surface area contributed by atoms with Crippen molar-refractivity contribution in [1.82, 2.24) is 0 Å². The van der Waals surface area contributed by atoms with Gasteiger partial charge in [0.15, 0.2) is 0 Å². The third-order valence-electron chi connectivity index (χ3n) is 1.74. The fourth-order valence-corrected chi connectivity index (χ4v) is 0.757. The first-order chi connectivity index (χ1) is 6.88. The molecule has 0 heterocycles. The molecule has 0 aliphatic heterocycles. The number of halogens is 3. The van der Waals surface area contributed by atoms with Crippen LogP contribution in [0.25, 0.3) is 0 Å². The largest absolute Gasteiger partial charge is 0.412 e. The summed E-state index contributed by atoms with van der Waals surface area (Å²) in [6, 6.07) is 0. The Morgan fingerprint density at radius 2 is 1.87 bits per heavy atom. The lowest BCUT2D eigenvalue weighted by Gasteiger charge is -2.04. The predicted octanol–water partition coefficient (Wildman–Crippen LogP) is 3.69. The molecule has 0 saturated heterocycles. The van der Waals surface area contributed by atoms with E-state index in [9.17, 15) is 13.2 Å². The molecule has 0 aliphatic carbocycles. The van der Waals surface area contributed by atoms with Crippen molar-refractivity contribution in [3.63, 3.8) is 0 Å². The molecule has 0 unspecified atom stereocenters. The van der Waals surface area contributed by atoms with Crippen LogP contribution in [0.4, 0.5) is 13.2 Å². The highest BCUT2D eigenvalue weighted by Crippen LogP contribution is 2.24. The van der Waals surface area contributed by atoms with Crippen LogP contribution in [0.1, 0.15) is 26.7 Å². The number of alkyl halides is 3. The summed E-state index contributed by atoms with van der Waals surface area (Å²) >= 11 is 0. The minimum Gasteiger partial charge on any atom is -0.399 e. The number of hydrogen-bond acceptors (Lipinski definition) is 1. The van der Waals surface area contributed by atoms with Gasteiger partial charge in [0.2, 0.25) is 0 Å². The summed E-state index contributed by atoms with van der Waals surface area (Å²) in [5.41, 5.74) is 5.14. The van der Waals surface area contributed by atoms with Gasteiger partial charge in [-0.05, 0) is 25.5 Å². The quantitative estimate of drug-likeness (QED) is 0.717. The summed E-state index contributed by atoms with van der Waals surface area (Å²) in [5, 5.41) is 0. The van der Waals surface area contributed by atoms with Crippen molar-refractivity contribution >= 4 is 0 Å². The molecule has 0 radical (unpaired) electrons. The maximum Gasteiger partial charge on any atom is 0.412 e.